The monoisotopic (exact) mass is 384 g/mol. The van der Waals surface area contributed by atoms with Crippen molar-refractivity contribution in [2.24, 2.45) is 0 Å². The summed E-state index contributed by atoms with van der Waals surface area (Å²) < 4.78 is 0. The molecule has 1 N–H and O–H groups in total. The zero-order chi connectivity index (χ0) is 20.3. The summed E-state index contributed by atoms with van der Waals surface area (Å²) in [6.07, 6.45) is 2.02. The zero-order valence-electron chi connectivity index (χ0n) is 17.4. The molecule has 6 nitrogen and oxygen atoms in total. The zero-order valence-corrected chi connectivity index (χ0v) is 17.4. The minimum atomic E-state index is -0.375. The van der Waals surface area contributed by atoms with E-state index in [1.54, 1.807) is 11.9 Å². The number of nitrogens with one attached hydrogen (secondary N) is 1. The lowest BCUT2D eigenvalue weighted by atomic mass is 9.96. The van der Waals surface area contributed by atoms with Crippen molar-refractivity contribution in [1.29, 1.82) is 0 Å². The summed E-state index contributed by atoms with van der Waals surface area (Å²) in [4.78, 5) is 31.7. The third-order valence-electron chi connectivity index (χ3n) is 6.04. The van der Waals surface area contributed by atoms with Crippen LogP contribution in [0.3, 0.4) is 0 Å². The van der Waals surface area contributed by atoms with Crippen molar-refractivity contribution in [3.8, 4) is 0 Å². The fourth-order valence-corrected chi connectivity index (χ4v) is 4.15. The Balaban J connectivity index is 1.74. The molecule has 0 aromatic heterocycles. The third kappa shape index (κ3) is 3.92. The van der Waals surface area contributed by atoms with Crippen molar-refractivity contribution in [2.75, 3.05) is 33.2 Å². The van der Waals surface area contributed by atoms with Gasteiger partial charge in [0.15, 0.2) is 0 Å². The first kappa shape index (κ1) is 20.4. The Labute approximate surface area is 168 Å². The molecule has 2 aliphatic heterocycles. The molecule has 1 aromatic carbocycles. The van der Waals surface area contributed by atoms with Gasteiger partial charge in [-0.05, 0) is 45.0 Å². The van der Waals surface area contributed by atoms with E-state index in [9.17, 15) is 9.59 Å². The Morgan fingerprint density at radius 2 is 1.86 bits per heavy atom. The van der Waals surface area contributed by atoms with Gasteiger partial charge in [0.1, 0.15) is 0 Å². The summed E-state index contributed by atoms with van der Waals surface area (Å²) in [5, 5.41) is 2.99. The van der Waals surface area contributed by atoms with Gasteiger partial charge in [0.2, 0.25) is 0 Å². The molecule has 152 valence electrons. The highest BCUT2D eigenvalue weighted by atomic mass is 16.2. The van der Waals surface area contributed by atoms with Crippen molar-refractivity contribution < 1.29 is 9.59 Å². The molecule has 0 radical (unpaired) electrons. The molecule has 0 bridgehead atoms. The molecule has 2 aliphatic rings. The van der Waals surface area contributed by atoms with Crippen LogP contribution in [0.1, 0.15) is 45.2 Å². The Morgan fingerprint density at radius 1 is 1.18 bits per heavy atom. The molecule has 0 aliphatic carbocycles. The quantitative estimate of drug-likeness (QED) is 0.750. The summed E-state index contributed by atoms with van der Waals surface area (Å²) in [7, 11) is 1.74. The van der Waals surface area contributed by atoms with Gasteiger partial charge in [-0.25, -0.2) is 4.79 Å². The molecule has 0 saturated carbocycles. The molecular formula is C22H32N4O2. The van der Waals surface area contributed by atoms with Crippen molar-refractivity contribution in [3.63, 3.8) is 0 Å². The molecule has 0 fully saturated rings. The van der Waals surface area contributed by atoms with Crippen LogP contribution in [0.5, 0.6) is 0 Å². The number of rotatable bonds is 8. The number of hydrogen-bond acceptors (Lipinski definition) is 3. The van der Waals surface area contributed by atoms with Crippen LogP contribution in [0, 0.1) is 0 Å². The summed E-state index contributed by atoms with van der Waals surface area (Å²) in [5.74, 6) is 0.0473. The fraction of sp³-hybridized carbons (Fsp3) is 0.545. The fourth-order valence-electron chi connectivity index (χ4n) is 4.15. The Morgan fingerprint density at radius 3 is 2.50 bits per heavy atom. The van der Waals surface area contributed by atoms with Crippen LogP contribution in [0.4, 0.5) is 4.79 Å². The average molecular weight is 385 g/mol. The highest BCUT2D eigenvalue weighted by Crippen LogP contribution is 2.36. The maximum Gasteiger partial charge on any atom is 0.322 e. The van der Waals surface area contributed by atoms with Crippen LogP contribution in [-0.2, 0) is 4.79 Å². The normalized spacial score (nSPS) is 20.7. The Kier molecular flexibility index (Phi) is 6.39. The molecule has 6 heteroatoms. The number of nitrogens with zero attached hydrogens (tertiary/aromatic N) is 3. The predicted molar refractivity (Wildman–Crippen MR) is 111 cm³/mol. The Bertz CT molecular complexity index is 742. The lowest BCUT2D eigenvalue weighted by Gasteiger charge is -2.31. The van der Waals surface area contributed by atoms with E-state index in [1.807, 2.05) is 35.2 Å². The number of carbonyl (C=O) groups excluding carboxylic acids is 2. The first-order valence-electron chi connectivity index (χ1n) is 10.3. The van der Waals surface area contributed by atoms with Crippen LogP contribution in [0.2, 0.25) is 0 Å². The molecule has 28 heavy (non-hydrogen) atoms. The smallest absolute Gasteiger partial charge is 0.322 e. The van der Waals surface area contributed by atoms with Gasteiger partial charge in [-0.3, -0.25) is 9.69 Å². The highest BCUT2D eigenvalue weighted by molar-refractivity contribution is 6.01. The van der Waals surface area contributed by atoms with E-state index in [2.05, 4.69) is 31.0 Å². The molecule has 0 saturated heterocycles. The molecule has 1 aromatic rings. The number of carbonyl (C=O) groups is 2. The van der Waals surface area contributed by atoms with Crippen molar-refractivity contribution >= 4 is 11.9 Å². The van der Waals surface area contributed by atoms with Gasteiger partial charge in [-0.15, -0.1) is 0 Å². The van der Waals surface area contributed by atoms with E-state index in [-0.39, 0.29) is 24.0 Å². The minimum Gasteiger partial charge on any atom is -0.330 e. The van der Waals surface area contributed by atoms with Gasteiger partial charge in [0.25, 0.3) is 5.91 Å². The number of benzene rings is 1. The number of amides is 3. The van der Waals surface area contributed by atoms with Crippen molar-refractivity contribution in [2.45, 2.75) is 45.7 Å². The van der Waals surface area contributed by atoms with E-state index in [4.69, 9.17) is 0 Å². The second-order valence-corrected chi connectivity index (χ2v) is 7.66. The van der Waals surface area contributed by atoms with E-state index in [1.165, 1.54) is 0 Å². The second kappa shape index (κ2) is 8.78. The van der Waals surface area contributed by atoms with Crippen LogP contribution < -0.4 is 5.32 Å². The highest BCUT2D eigenvalue weighted by Gasteiger charge is 2.43. The van der Waals surface area contributed by atoms with Crippen LogP contribution >= 0.6 is 0 Å². The molecule has 0 unspecified atom stereocenters. The van der Waals surface area contributed by atoms with Gasteiger partial charge in [0, 0.05) is 13.1 Å². The number of hydrogen-bond donors (Lipinski definition) is 1. The van der Waals surface area contributed by atoms with Crippen molar-refractivity contribution in [1.82, 2.24) is 20.0 Å². The topological polar surface area (TPSA) is 55.9 Å². The van der Waals surface area contributed by atoms with E-state index in [0.717, 1.165) is 43.7 Å². The first-order chi connectivity index (χ1) is 13.5. The summed E-state index contributed by atoms with van der Waals surface area (Å²) >= 11 is 0. The molecule has 3 amide bonds. The van der Waals surface area contributed by atoms with Crippen molar-refractivity contribution in [3.05, 3.63) is 47.2 Å². The van der Waals surface area contributed by atoms with E-state index in [0.29, 0.717) is 12.1 Å². The molecule has 2 heterocycles. The van der Waals surface area contributed by atoms with Gasteiger partial charge in [-0.2, -0.15) is 0 Å². The summed E-state index contributed by atoms with van der Waals surface area (Å²) in [6, 6.07) is 9.36. The maximum absolute atomic E-state index is 13.3. The summed E-state index contributed by atoms with van der Waals surface area (Å²) in [6.45, 7) is 10.1. The SMILES string of the molecule is CCN(CC)CCC[C@H](C)N1CC2=C(C1=O)[C@H](c1ccccc1)NC(=O)N2C. The number of likely N-dealkylation sites (N-methyl/N-ethyl adjacent to an activating group) is 1. The summed E-state index contributed by atoms with van der Waals surface area (Å²) in [5.41, 5.74) is 2.49. The van der Waals surface area contributed by atoms with Gasteiger partial charge < -0.3 is 15.1 Å². The maximum atomic E-state index is 13.3. The molecule has 3 rings (SSSR count). The third-order valence-corrected chi connectivity index (χ3v) is 6.04. The first-order valence-corrected chi connectivity index (χ1v) is 10.3. The van der Waals surface area contributed by atoms with Crippen LogP contribution in [0.15, 0.2) is 41.6 Å². The second-order valence-electron chi connectivity index (χ2n) is 7.66. The lowest BCUT2D eigenvalue weighted by Crippen LogP contribution is -2.45. The molecule has 2 atom stereocenters. The lowest BCUT2D eigenvalue weighted by molar-refractivity contribution is -0.127. The van der Waals surface area contributed by atoms with Gasteiger partial charge in [-0.1, -0.05) is 44.2 Å². The molecule has 0 spiro atoms. The van der Waals surface area contributed by atoms with E-state index < -0.39 is 0 Å². The van der Waals surface area contributed by atoms with Crippen LogP contribution in [0.25, 0.3) is 0 Å². The largest absolute Gasteiger partial charge is 0.330 e. The van der Waals surface area contributed by atoms with E-state index >= 15 is 0 Å². The van der Waals surface area contributed by atoms with Crippen LogP contribution in [-0.4, -0.2) is 65.9 Å². The minimum absolute atomic E-state index is 0.0473. The average Bonchev–Trinajstić information content (AvgIpc) is 3.06. The van der Waals surface area contributed by atoms with Gasteiger partial charge in [0.05, 0.1) is 23.9 Å². The Hall–Kier alpha value is -2.34. The molecular weight excluding hydrogens is 352 g/mol. The standard InChI is InChI=1S/C22H32N4O2/c1-5-25(6-2)14-10-11-16(3)26-15-18-19(21(26)27)20(23-22(28)24(18)4)17-12-8-7-9-13-17/h7-9,12-13,16,20H,5-6,10-11,14-15H2,1-4H3,(H,23,28)/t16-,20-/m0/s1. The van der Waals surface area contributed by atoms with Gasteiger partial charge >= 0.3 is 6.03 Å². The predicted octanol–water partition coefficient (Wildman–Crippen LogP) is 2.99. The number of urea groups is 1.